The number of benzene rings is 1. The van der Waals surface area contributed by atoms with E-state index >= 15 is 0 Å². The van der Waals surface area contributed by atoms with Crippen LogP contribution < -0.4 is 5.32 Å². The molecule has 0 saturated carbocycles. The maximum absolute atomic E-state index is 12.9. The van der Waals surface area contributed by atoms with E-state index in [9.17, 15) is 9.59 Å². The van der Waals surface area contributed by atoms with Gasteiger partial charge in [0.1, 0.15) is 0 Å². The van der Waals surface area contributed by atoms with Crippen LogP contribution in [0.2, 0.25) is 0 Å². The average molecular weight is 345 g/mol. The maximum Gasteiger partial charge on any atom is 0.239 e. The van der Waals surface area contributed by atoms with Gasteiger partial charge in [-0.05, 0) is 52.3 Å². The van der Waals surface area contributed by atoms with Crippen LogP contribution in [0.4, 0.5) is 0 Å². The molecule has 1 fully saturated rings. The van der Waals surface area contributed by atoms with Gasteiger partial charge in [-0.2, -0.15) is 0 Å². The minimum atomic E-state index is -0.140. The SMILES string of the molecule is CCNC(=O)C1CCN(C(C)C(=O)N(CC)Cc2ccccc2)CC1. The van der Waals surface area contributed by atoms with Crippen molar-refractivity contribution in [3.8, 4) is 0 Å². The van der Waals surface area contributed by atoms with Crippen molar-refractivity contribution >= 4 is 11.8 Å². The van der Waals surface area contributed by atoms with Crippen LogP contribution in [0.3, 0.4) is 0 Å². The van der Waals surface area contributed by atoms with Gasteiger partial charge in [-0.3, -0.25) is 14.5 Å². The predicted octanol–water partition coefficient (Wildman–Crippen LogP) is 2.27. The molecule has 0 radical (unpaired) electrons. The molecule has 1 aliphatic heterocycles. The highest BCUT2D eigenvalue weighted by atomic mass is 16.2. The van der Waals surface area contributed by atoms with Gasteiger partial charge < -0.3 is 10.2 Å². The molecule has 1 atom stereocenters. The Morgan fingerprint density at radius 1 is 1.20 bits per heavy atom. The number of nitrogens with one attached hydrogen (secondary N) is 1. The molecular weight excluding hydrogens is 314 g/mol. The first-order valence-electron chi connectivity index (χ1n) is 9.41. The van der Waals surface area contributed by atoms with Crippen molar-refractivity contribution in [3.05, 3.63) is 35.9 Å². The van der Waals surface area contributed by atoms with Crippen molar-refractivity contribution in [3.63, 3.8) is 0 Å². The summed E-state index contributed by atoms with van der Waals surface area (Å²) < 4.78 is 0. The van der Waals surface area contributed by atoms with Crippen LogP contribution in [0.15, 0.2) is 30.3 Å². The molecule has 1 N–H and O–H groups in total. The quantitative estimate of drug-likeness (QED) is 0.825. The van der Waals surface area contributed by atoms with E-state index in [4.69, 9.17) is 0 Å². The molecule has 5 nitrogen and oxygen atoms in total. The van der Waals surface area contributed by atoms with Crippen LogP contribution >= 0.6 is 0 Å². The Bertz CT molecular complexity index is 553. The summed E-state index contributed by atoms with van der Waals surface area (Å²) in [5, 5.41) is 2.90. The maximum atomic E-state index is 12.9. The van der Waals surface area contributed by atoms with Crippen molar-refractivity contribution in [1.82, 2.24) is 15.1 Å². The lowest BCUT2D eigenvalue weighted by Gasteiger charge is -2.36. The topological polar surface area (TPSA) is 52.7 Å². The van der Waals surface area contributed by atoms with Gasteiger partial charge in [-0.25, -0.2) is 0 Å². The number of likely N-dealkylation sites (tertiary alicyclic amines) is 1. The number of hydrogen-bond acceptors (Lipinski definition) is 3. The predicted molar refractivity (Wildman–Crippen MR) is 100.0 cm³/mol. The van der Waals surface area contributed by atoms with Gasteiger partial charge in [0.15, 0.2) is 0 Å². The van der Waals surface area contributed by atoms with Crippen LogP contribution in [0.25, 0.3) is 0 Å². The largest absolute Gasteiger partial charge is 0.356 e. The molecule has 0 aliphatic carbocycles. The van der Waals surface area contributed by atoms with E-state index in [-0.39, 0.29) is 23.8 Å². The molecule has 1 aromatic carbocycles. The minimum Gasteiger partial charge on any atom is -0.356 e. The molecule has 0 spiro atoms. The second-order valence-electron chi connectivity index (χ2n) is 6.72. The number of rotatable bonds is 7. The number of likely N-dealkylation sites (N-methyl/N-ethyl adjacent to an activating group) is 1. The van der Waals surface area contributed by atoms with Gasteiger partial charge in [0.05, 0.1) is 6.04 Å². The van der Waals surface area contributed by atoms with Crippen LogP contribution in [0, 0.1) is 5.92 Å². The van der Waals surface area contributed by atoms with Gasteiger partial charge in [-0.1, -0.05) is 30.3 Å². The van der Waals surface area contributed by atoms with Crippen molar-refractivity contribution in [2.45, 2.75) is 46.2 Å². The Morgan fingerprint density at radius 2 is 1.84 bits per heavy atom. The van der Waals surface area contributed by atoms with Crippen molar-refractivity contribution in [1.29, 1.82) is 0 Å². The minimum absolute atomic E-state index is 0.0881. The number of hydrogen-bond donors (Lipinski definition) is 1. The average Bonchev–Trinajstić information content (AvgIpc) is 2.66. The first kappa shape index (κ1) is 19.4. The smallest absolute Gasteiger partial charge is 0.239 e. The highest BCUT2D eigenvalue weighted by molar-refractivity contribution is 5.81. The fourth-order valence-electron chi connectivity index (χ4n) is 3.44. The Labute approximate surface area is 151 Å². The van der Waals surface area contributed by atoms with E-state index in [1.807, 2.05) is 43.9 Å². The fraction of sp³-hybridized carbons (Fsp3) is 0.600. The normalized spacial score (nSPS) is 17.1. The van der Waals surface area contributed by atoms with Gasteiger partial charge in [0, 0.05) is 25.6 Å². The third kappa shape index (κ3) is 5.30. The summed E-state index contributed by atoms with van der Waals surface area (Å²) in [6.45, 7) is 9.59. The lowest BCUT2D eigenvalue weighted by Crippen LogP contribution is -2.50. The van der Waals surface area contributed by atoms with E-state index in [2.05, 4.69) is 22.3 Å². The second-order valence-corrected chi connectivity index (χ2v) is 6.72. The molecule has 0 bridgehead atoms. The number of piperidine rings is 1. The molecular formula is C20H31N3O2. The van der Waals surface area contributed by atoms with Crippen LogP contribution in [0.1, 0.15) is 39.2 Å². The Kier molecular flexibility index (Phi) is 7.44. The summed E-state index contributed by atoms with van der Waals surface area (Å²) in [5.41, 5.74) is 1.15. The number of carbonyl (C=O) groups excluding carboxylic acids is 2. The summed E-state index contributed by atoms with van der Waals surface area (Å²) in [7, 11) is 0. The zero-order chi connectivity index (χ0) is 18.2. The lowest BCUT2D eigenvalue weighted by molar-refractivity contribution is -0.137. The van der Waals surface area contributed by atoms with E-state index < -0.39 is 0 Å². The molecule has 1 aliphatic rings. The monoisotopic (exact) mass is 345 g/mol. The zero-order valence-electron chi connectivity index (χ0n) is 15.7. The zero-order valence-corrected chi connectivity index (χ0v) is 15.7. The molecule has 138 valence electrons. The van der Waals surface area contributed by atoms with Crippen LogP contribution in [0.5, 0.6) is 0 Å². The molecule has 25 heavy (non-hydrogen) atoms. The molecule has 1 unspecified atom stereocenters. The highest BCUT2D eigenvalue weighted by Crippen LogP contribution is 2.20. The summed E-state index contributed by atoms with van der Waals surface area (Å²) in [4.78, 5) is 29.0. The Hall–Kier alpha value is -1.88. The molecule has 1 heterocycles. The van der Waals surface area contributed by atoms with Crippen LogP contribution in [-0.4, -0.2) is 53.8 Å². The van der Waals surface area contributed by atoms with Gasteiger partial charge >= 0.3 is 0 Å². The number of amides is 2. The van der Waals surface area contributed by atoms with E-state index in [1.165, 1.54) is 0 Å². The molecule has 1 aromatic rings. The third-order valence-corrected chi connectivity index (χ3v) is 5.07. The van der Waals surface area contributed by atoms with Gasteiger partial charge in [-0.15, -0.1) is 0 Å². The molecule has 1 saturated heterocycles. The first-order valence-corrected chi connectivity index (χ1v) is 9.41. The number of nitrogens with zero attached hydrogens (tertiary/aromatic N) is 2. The summed E-state index contributed by atoms with van der Waals surface area (Å²) in [5.74, 6) is 0.410. The van der Waals surface area contributed by atoms with E-state index in [0.29, 0.717) is 19.6 Å². The second kappa shape index (κ2) is 9.56. The molecule has 5 heteroatoms. The van der Waals surface area contributed by atoms with Crippen molar-refractivity contribution < 1.29 is 9.59 Å². The molecule has 2 rings (SSSR count). The Morgan fingerprint density at radius 3 is 2.40 bits per heavy atom. The van der Waals surface area contributed by atoms with Crippen molar-refractivity contribution in [2.24, 2.45) is 5.92 Å². The lowest BCUT2D eigenvalue weighted by atomic mass is 9.95. The van der Waals surface area contributed by atoms with Gasteiger partial charge in [0.25, 0.3) is 0 Å². The Balaban J connectivity index is 1.89. The van der Waals surface area contributed by atoms with E-state index in [1.54, 1.807) is 0 Å². The van der Waals surface area contributed by atoms with Crippen LogP contribution in [-0.2, 0) is 16.1 Å². The highest BCUT2D eigenvalue weighted by Gasteiger charge is 2.31. The molecule has 0 aromatic heterocycles. The number of carbonyl (C=O) groups is 2. The summed E-state index contributed by atoms with van der Waals surface area (Å²) >= 11 is 0. The summed E-state index contributed by atoms with van der Waals surface area (Å²) in [6, 6.07) is 9.96. The standard InChI is InChI=1S/C20H31N3O2/c1-4-21-19(24)18-11-13-23(14-12-18)16(3)20(25)22(5-2)15-17-9-7-6-8-10-17/h6-10,16,18H,4-5,11-15H2,1-3H3,(H,21,24). The summed E-state index contributed by atoms with van der Waals surface area (Å²) in [6.07, 6.45) is 1.66. The first-order chi connectivity index (χ1) is 12.1. The van der Waals surface area contributed by atoms with Crippen molar-refractivity contribution in [2.75, 3.05) is 26.2 Å². The molecule has 2 amide bonds. The fourth-order valence-corrected chi connectivity index (χ4v) is 3.44. The van der Waals surface area contributed by atoms with E-state index in [0.717, 1.165) is 31.5 Å². The van der Waals surface area contributed by atoms with Gasteiger partial charge in [0.2, 0.25) is 11.8 Å². The third-order valence-electron chi connectivity index (χ3n) is 5.07.